The number of hydrogen-bond donors (Lipinski definition) is 0. The Hall–Kier alpha value is -6.77. The Kier molecular flexibility index (Phi) is 6.00. The molecule has 0 saturated carbocycles. The molecule has 12 rings (SSSR count). The van der Waals surface area contributed by atoms with E-state index < -0.39 is 5.41 Å². The van der Waals surface area contributed by atoms with Crippen LogP contribution in [0.2, 0.25) is 0 Å². The monoisotopic (exact) mass is 686 g/mol. The van der Waals surface area contributed by atoms with Gasteiger partial charge in [0.05, 0.1) is 16.4 Å². The average molecular weight is 687 g/mol. The van der Waals surface area contributed by atoms with Crippen LogP contribution >= 0.6 is 0 Å². The number of imidazole rings is 1. The molecular weight excluding hydrogens is 653 g/mol. The van der Waals surface area contributed by atoms with Crippen LogP contribution in [-0.2, 0) is 11.8 Å². The number of aryl methyl sites for hydroxylation is 1. The highest BCUT2D eigenvalue weighted by Gasteiger charge is 2.53. The molecule has 2 aliphatic rings. The molecule has 0 aliphatic heterocycles. The lowest BCUT2D eigenvalue weighted by Crippen LogP contribution is -2.26. The Morgan fingerprint density at radius 1 is 0.481 bits per heavy atom. The first-order valence-corrected chi connectivity index (χ1v) is 19.0. The van der Waals surface area contributed by atoms with E-state index in [1.54, 1.807) is 0 Å². The lowest BCUT2D eigenvalue weighted by atomic mass is 9.69. The van der Waals surface area contributed by atoms with Crippen LogP contribution in [0.25, 0.3) is 82.4 Å². The van der Waals surface area contributed by atoms with Crippen LogP contribution < -0.4 is 0 Å². The van der Waals surface area contributed by atoms with Gasteiger partial charge in [-0.15, -0.1) is 0 Å². The van der Waals surface area contributed by atoms with Gasteiger partial charge in [0.15, 0.2) is 0 Å². The third-order valence-corrected chi connectivity index (χ3v) is 12.3. The van der Waals surface area contributed by atoms with Crippen LogP contribution in [-0.4, -0.2) is 9.55 Å². The van der Waals surface area contributed by atoms with Crippen LogP contribution in [0.4, 0.5) is 0 Å². The molecule has 0 fully saturated rings. The zero-order valence-corrected chi connectivity index (χ0v) is 29.8. The maximum absolute atomic E-state index is 4.97. The van der Waals surface area contributed by atoms with E-state index in [1.807, 2.05) is 0 Å². The van der Waals surface area contributed by atoms with Crippen molar-refractivity contribution < 1.29 is 0 Å². The van der Waals surface area contributed by atoms with Gasteiger partial charge in [0.25, 0.3) is 0 Å². The van der Waals surface area contributed by atoms with Gasteiger partial charge in [0.1, 0.15) is 5.82 Å². The zero-order chi connectivity index (χ0) is 35.5. The fraction of sp³-hybridized carbons (Fsp3) is 0.0577. The SMILES string of the molecule is CCc1nc2ccccc2n1-c1cccc(-c2ccc3cc4c(cc3c2)C2(c3ccccc3-c3ccccc32)c2c-4c3ccccc3c3ccccc23)c1. The number of fused-ring (bicyclic) bond motifs is 17. The van der Waals surface area contributed by atoms with E-state index in [0.29, 0.717) is 0 Å². The zero-order valence-electron chi connectivity index (χ0n) is 29.8. The molecule has 0 saturated heterocycles. The molecule has 1 spiro atoms. The van der Waals surface area contributed by atoms with Crippen molar-refractivity contribution in [1.82, 2.24) is 9.55 Å². The minimum Gasteiger partial charge on any atom is -0.296 e. The van der Waals surface area contributed by atoms with Gasteiger partial charge in [-0.25, -0.2) is 4.98 Å². The fourth-order valence-electron chi connectivity index (χ4n) is 10.2. The normalized spacial score (nSPS) is 13.5. The standard InChI is InChI=1S/C52H34N2/c1-2-49-53-47-24-11-12-25-48(47)54(49)36-15-13-14-32(29-36)33-26-27-34-30-43-46(31-35(34)28-33)52(44-22-9-7-18-39(44)40-19-8-10-23-45(40)52)51-42-21-6-4-17-38(42)37-16-3-5-20-41(37)50(43)51/h3-31H,2H2,1H3. The Labute approximate surface area is 313 Å². The van der Waals surface area contributed by atoms with Crippen LogP contribution in [0.15, 0.2) is 176 Å². The van der Waals surface area contributed by atoms with Crippen molar-refractivity contribution >= 4 is 43.4 Å². The Balaban J connectivity index is 1.15. The molecule has 0 radical (unpaired) electrons. The highest BCUT2D eigenvalue weighted by atomic mass is 15.1. The average Bonchev–Trinajstić information content (AvgIpc) is 3.87. The lowest BCUT2D eigenvalue weighted by molar-refractivity contribution is 0.803. The number of para-hydroxylation sites is 2. The van der Waals surface area contributed by atoms with Crippen molar-refractivity contribution in [1.29, 1.82) is 0 Å². The van der Waals surface area contributed by atoms with E-state index in [0.717, 1.165) is 29.0 Å². The van der Waals surface area contributed by atoms with Crippen molar-refractivity contribution in [2.24, 2.45) is 0 Å². The number of benzene rings is 9. The third kappa shape index (κ3) is 3.77. The largest absolute Gasteiger partial charge is 0.296 e. The summed E-state index contributed by atoms with van der Waals surface area (Å²) in [6.45, 7) is 2.18. The molecule has 0 N–H and O–H groups in total. The molecule has 54 heavy (non-hydrogen) atoms. The molecule has 0 amide bonds. The van der Waals surface area contributed by atoms with E-state index in [9.17, 15) is 0 Å². The maximum Gasteiger partial charge on any atom is 0.114 e. The van der Waals surface area contributed by atoms with Gasteiger partial charge < -0.3 is 0 Å². The highest BCUT2D eigenvalue weighted by molar-refractivity contribution is 6.20. The van der Waals surface area contributed by atoms with Gasteiger partial charge in [0.2, 0.25) is 0 Å². The summed E-state index contributed by atoms with van der Waals surface area (Å²) in [5.41, 5.74) is 16.1. The second-order valence-corrected chi connectivity index (χ2v) is 14.9. The highest BCUT2D eigenvalue weighted by Crippen LogP contribution is 2.65. The van der Waals surface area contributed by atoms with Gasteiger partial charge in [-0.2, -0.15) is 0 Å². The summed E-state index contributed by atoms with van der Waals surface area (Å²) in [6.07, 6.45) is 0.862. The van der Waals surface area contributed by atoms with E-state index in [-0.39, 0.29) is 0 Å². The molecule has 2 aliphatic carbocycles. The number of nitrogens with zero attached hydrogens (tertiary/aromatic N) is 2. The summed E-state index contributed by atoms with van der Waals surface area (Å²) >= 11 is 0. The van der Waals surface area contributed by atoms with E-state index in [2.05, 4.69) is 187 Å². The predicted molar refractivity (Wildman–Crippen MR) is 225 cm³/mol. The molecule has 1 aromatic heterocycles. The minimum absolute atomic E-state index is 0.454. The number of rotatable bonds is 3. The first kappa shape index (κ1) is 29.8. The molecular formula is C52H34N2. The van der Waals surface area contributed by atoms with Gasteiger partial charge in [-0.1, -0.05) is 140 Å². The Morgan fingerprint density at radius 2 is 1.13 bits per heavy atom. The topological polar surface area (TPSA) is 17.8 Å². The molecule has 10 aromatic rings. The van der Waals surface area contributed by atoms with Crippen molar-refractivity contribution in [2.75, 3.05) is 0 Å². The van der Waals surface area contributed by atoms with Crippen LogP contribution in [0.1, 0.15) is 35.0 Å². The minimum atomic E-state index is -0.454. The van der Waals surface area contributed by atoms with Crippen molar-refractivity contribution in [2.45, 2.75) is 18.8 Å². The molecule has 252 valence electrons. The van der Waals surface area contributed by atoms with E-state index >= 15 is 0 Å². The molecule has 1 heterocycles. The predicted octanol–water partition coefficient (Wildman–Crippen LogP) is 13.1. The first-order chi connectivity index (χ1) is 26.7. The van der Waals surface area contributed by atoms with Crippen LogP contribution in [0.5, 0.6) is 0 Å². The second kappa shape index (κ2) is 10.9. The summed E-state index contributed by atoms with van der Waals surface area (Å²) in [5, 5.41) is 7.77. The summed E-state index contributed by atoms with van der Waals surface area (Å²) < 4.78 is 2.32. The first-order valence-electron chi connectivity index (χ1n) is 19.0. The molecule has 0 unspecified atom stereocenters. The second-order valence-electron chi connectivity index (χ2n) is 14.9. The van der Waals surface area contributed by atoms with Crippen molar-refractivity contribution in [3.63, 3.8) is 0 Å². The smallest absolute Gasteiger partial charge is 0.114 e. The number of hydrogen-bond acceptors (Lipinski definition) is 1. The fourth-order valence-corrected chi connectivity index (χ4v) is 10.2. The molecule has 2 nitrogen and oxygen atoms in total. The maximum atomic E-state index is 4.97. The molecule has 9 aromatic carbocycles. The molecule has 0 bridgehead atoms. The summed E-state index contributed by atoms with van der Waals surface area (Å²) in [6, 6.07) is 65.8. The third-order valence-electron chi connectivity index (χ3n) is 12.3. The number of aromatic nitrogens is 2. The van der Waals surface area contributed by atoms with Gasteiger partial charge >= 0.3 is 0 Å². The Morgan fingerprint density at radius 3 is 1.91 bits per heavy atom. The lowest BCUT2D eigenvalue weighted by Gasteiger charge is -2.32. The van der Waals surface area contributed by atoms with E-state index in [4.69, 9.17) is 4.98 Å². The molecule has 2 heteroatoms. The van der Waals surface area contributed by atoms with Gasteiger partial charge in [0, 0.05) is 12.1 Å². The Bertz CT molecular complexity index is 3170. The van der Waals surface area contributed by atoms with Crippen molar-refractivity contribution in [3.8, 4) is 39.1 Å². The van der Waals surface area contributed by atoms with E-state index in [1.165, 1.54) is 88.0 Å². The van der Waals surface area contributed by atoms with Crippen LogP contribution in [0, 0.1) is 0 Å². The van der Waals surface area contributed by atoms with Crippen molar-refractivity contribution in [3.05, 3.63) is 204 Å². The summed E-state index contributed by atoms with van der Waals surface area (Å²) in [4.78, 5) is 4.97. The quantitative estimate of drug-likeness (QED) is 0.169. The van der Waals surface area contributed by atoms with Crippen LogP contribution in [0.3, 0.4) is 0 Å². The van der Waals surface area contributed by atoms with Gasteiger partial charge in [-0.3, -0.25) is 4.57 Å². The summed E-state index contributed by atoms with van der Waals surface area (Å²) in [5.74, 6) is 1.07. The molecule has 0 atom stereocenters. The van der Waals surface area contributed by atoms with Gasteiger partial charge in [-0.05, 0) is 130 Å². The summed E-state index contributed by atoms with van der Waals surface area (Å²) in [7, 11) is 0.